The number of hydrogen-bond acceptors (Lipinski definition) is 4. The first-order valence-electron chi connectivity index (χ1n) is 6.63. The summed E-state index contributed by atoms with van der Waals surface area (Å²) >= 11 is 1.80. The molecule has 102 valence electrons. The number of thiophene rings is 1. The van der Waals surface area contributed by atoms with Crippen molar-refractivity contribution in [3.05, 3.63) is 52.0 Å². The van der Waals surface area contributed by atoms with Crippen molar-refractivity contribution in [3.8, 4) is 0 Å². The van der Waals surface area contributed by atoms with Gasteiger partial charge in [0.1, 0.15) is 0 Å². The highest BCUT2D eigenvalue weighted by atomic mass is 32.1. The van der Waals surface area contributed by atoms with Crippen molar-refractivity contribution in [2.75, 3.05) is 13.6 Å². The summed E-state index contributed by atoms with van der Waals surface area (Å²) in [6, 6.07) is 8.55. The van der Waals surface area contributed by atoms with Gasteiger partial charge in [-0.1, -0.05) is 19.1 Å². The van der Waals surface area contributed by atoms with Gasteiger partial charge in [0.2, 0.25) is 0 Å². The summed E-state index contributed by atoms with van der Waals surface area (Å²) in [5, 5.41) is 5.43. The number of nitrogens with zero attached hydrogens (tertiary/aromatic N) is 2. The van der Waals surface area contributed by atoms with E-state index in [1.807, 2.05) is 6.20 Å². The first-order valence-corrected chi connectivity index (χ1v) is 7.51. The Morgan fingerprint density at radius 1 is 1.26 bits per heavy atom. The second-order valence-corrected chi connectivity index (χ2v) is 5.72. The maximum absolute atomic E-state index is 4.52. The molecule has 0 fully saturated rings. The van der Waals surface area contributed by atoms with Crippen LogP contribution in [0.5, 0.6) is 0 Å². The summed E-state index contributed by atoms with van der Waals surface area (Å²) < 4.78 is 0. The zero-order valence-electron chi connectivity index (χ0n) is 11.6. The normalized spacial score (nSPS) is 11.1. The first kappa shape index (κ1) is 14.2. The molecular formula is C15H21N3S. The van der Waals surface area contributed by atoms with Crippen molar-refractivity contribution in [1.29, 1.82) is 0 Å². The van der Waals surface area contributed by atoms with Gasteiger partial charge in [0.25, 0.3) is 0 Å². The second kappa shape index (κ2) is 7.38. The van der Waals surface area contributed by atoms with Gasteiger partial charge in [0.05, 0.1) is 5.69 Å². The lowest BCUT2D eigenvalue weighted by atomic mass is 10.2. The van der Waals surface area contributed by atoms with Gasteiger partial charge in [-0.25, -0.2) is 0 Å². The van der Waals surface area contributed by atoms with Gasteiger partial charge in [-0.05, 0) is 36.7 Å². The molecule has 0 aliphatic carbocycles. The van der Waals surface area contributed by atoms with Crippen molar-refractivity contribution in [3.63, 3.8) is 0 Å². The second-order valence-electron chi connectivity index (χ2n) is 4.69. The van der Waals surface area contributed by atoms with E-state index < -0.39 is 0 Å². The molecule has 2 rings (SSSR count). The molecule has 2 aromatic heterocycles. The third kappa shape index (κ3) is 4.74. The maximum atomic E-state index is 4.52. The lowest BCUT2D eigenvalue weighted by Gasteiger charge is -2.15. The van der Waals surface area contributed by atoms with E-state index in [0.29, 0.717) is 0 Å². The van der Waals surface area contributed by atoms with Crippen LogP contribution >= 0.6 is 11.3 Å². The fourth-order valence-corrected chi connectivity index (χ4v) is 2.71. The third-order valence-electron chi connectivity index (χ3n) is 2.90. The molecule has 0 aliphatic heterocycles. The van der Waals surface area contributed by atoms with Gasteiger partial charge >= 0.3 is 0 Å². The van der Waals surface area contributed by atoms with Crippen LogP contribution in [0.2, 0.25) is 0 Å². The molecule has 19 heavy (non-hydrogen) atoms. The van der Waals surface area contributed by atoms with Crippen LogP contribution in [0.15, 0.2) is 35.8 Å². The van der Waals surface area contributed by atoms with E-state index >= 15 is 0 Å². The van der Waals surface area contributed by atoms with Crippen LogP contribution in [-0.4, -0.2) is 23.5 Å². The highest BCUT2D eigenvalue weighted by molar-refractivity contribution is 7.09. The monoisotopic (exact) mass is 275 g/mol. The van der Waals surface area contributed by atoms with E-state index in [-0.39, 0.29) is 0 Å². The molecule has 2 aromatic rings. The number of pyridine rings is 1. The number of rotatable bonds is 7. The van der Waals surface area contributed by atoms with Crippen molar-refractivity contribution >= 4 is 11.3 Å². The molecule has 0 atom stereocenters. The smallest absolute Gasteiger partial charge is 0.0544 e. The van der Waals surface area contributed by atoms with Crippen LogP contribution in [0.1, 0.15) is 23.1 Å². The van der Waals surface area contributed by atoms with Gasteiger partial charge in [-0.15, -0.1) is 11.3 Å². The summed E-state index contributed by atoms with van der Waals surface area (Å²) in [4.78, 5) is 8.21. The molecule has 4 heteroatoms. The van der Waals surface area contributed by atoms with E-state index in [1.165, 1.54) is 10.4 Å². The lowest BCUT2D eigenvalue weighted by molar-refractivity contribution is 0.318. The molecule has 0 amide bonds. The summed E-state index contributed by atoms with van der Waals surface area (Å²) in [7, 11) is 2.13. The van der Waals surface area contributed by atoms with Gasteiger partial charge < -0.3 is 5.32 Å². The van der Waals surface area contributed by atoms with Gasteiger partial charge in [0.15, 0.2) is 0 Å². The molecule has 0 spiro atoms. The van der Waals surface area contributed by atoms with Crippen LogP contribution in [0.25, 0.3) is 0 Å². The summed E-state index contributed by atoms with van der Waals surface area (Å²) in [6.07, 6.45) is 1.97. The third-order valence-corrected chi connectivity index (χ3v) is 3.76. The van der Waals surface area contributed by atoms with Crippen LogP contribution in [-0.2, 0) is 19.6 Å². The van der Waals surface area contributed by atoms with E-state index in [4.69, 9.17) is 0 Å². The minimum atomic E-state index is 0.888. The van der Waals surface area contributed by atoms with Crippen LogP contribution in [0.4, 0.5) is 0 Å². The van der Waals surface area contributed by atoms with E-state index in [9.17, 15) is 0 Å². The average molecular weight is 275 g/mol. The molecule has 0 unspecified atom stereocenters. The quantitative estimate of drug-likeness (QED) is 0.842. The molecule has 0 bridgehead atoms. The van der Waals surface area contributed by atoms with Gasteiger partial charge in [0, 0.05) is 30.7 Å². The fraction of sp³-hybridized carbons (Fsp3) is 0.400. The first-order chi connectivity index (χ1) is 9.28. The predicted octanol–water partition coefficient (Wildman–Crippen LogP) is 2.88. The molecule has 2 heterocycles. The zero-order chi connectivity index (χ0) is 13.5. The van der Waals surface area contributed by atoms with Crippen LogP contribution in [0, 0.1) is 0 Å². The lowest BCUT2D eigenvalue weighted by Crippen LogP contribution is -2.17. The Morgan fingerprint density at radius 2 is 2.16 bits per heavy atom. The molecule has 1 N–H and O–H groups in total. The average Bonchev–Trinajstić information content (AvgIpc) is 2.90. The Morgan fingerprint density at radius 3 is 2.79 bits per heavy atom. The van der Waals surface area contributed by atoms with Crippen molar-refractivity contribution in [2.45, 2.75) is 26.6 Å². The SMILES string of the molecule is CCNCc1ccc(CN(C)Cc2cccs2)nc1. The van der Waals surface area contributed by atoms with E-state index in [2.05, 4.69) is 58.8 Å². The number of aromatic nitrogens is 1. The van der Waals surface area contributed by atoms with Crippen molar-refractivity contribution in [2.24, 2.45) is 0 Å². The Kier molecular flexibility index (Phi) is 5.51. The fourth-order valence-electron chi connectivity index (χ4n) is 1.92. The highest BCUT2D eigenvalue weighted by Gasteiger charge is 2.03. The van der Waals surface area contributed by atoms with Gasteiger partial charge in [-0.3, -0.25) is 9.88 Å². The Hall–Kier alpha value is -1.23. The molecular weight excluding hydrogens is 254 g/mol. The zero-order valence-corrected chi connectivity index (χ0v) is 12.4. The minimum Gasteiger partial charge on any atom is -0.313 e. The molecule has 0 saturated carbocycles. The standard InChI is InChI=1S/C15H21N3S/c1-3-16-9-13-6-7-14(17-10-13)11-18(2)12-15-5-4-8-19-15/h4-8,10,16H,3,9,11-12H2,1-2H3. The Bertz CT molecular complexity index is 465. The summed E-state index contributed by atoms with van der Waals surface area (Å²) in [5.74, 6) is 0. The highest BCUT2D eigenvalue weighted by Crippen LogP contribution is 2.12. The summed E-state index contributed by atoms with van der Waals surface area (Å²) in [5.41, 5.74) is 2.37. The molecule has 0 aromatic carbocycles. The van der Waals surface area contributed by atoms with Crippen molar-refractivity contribution in [1.82, 2.24) is 15.2 Å². The van der Waals surface area contributed by atoms with Gasteiger partial charge in [-0.2, -0.15) is 0 Å². The maximum Gasteiger partial charge on any atom is 0.0544 e. The Labute approximate surface area is 119 Å². The molecule has 3 nitrogen and oxygen atoms in total. The van der Waals surface area contributed by atoms with E-state index in [0.717, 1.165) is 31.9 Å². The molecule has 0 aliphatic rings. The Balaban J connectivity index is 1.84. The number of hydrogen-bond donors (Lipinski definition) is 1. The summed E-state index contributed by atoms with van der Waals surface area (Å²) in [6.45, 7) is 5.87. The van der Waals surface area contributed by atoms with Crippen LogP contribution < -0.4 is 5.32 Å². The predicted molar refractivity (Wildman–Crippen MR) is 81.1 cm³/mol. The molecule has 0 saturated heterocycles. The van der Waals surface area contributed by atoms with Crippen LogP contribution in [0.3, 0.4) is 0 Å². The minimum absolute atomic E-state index is 0.888. The molecule has 0 radical (unpaired) electrons. The number of nitrogens with one attached hydrogen (secondary N) is 1. The van der Waals surface area contributed by atoms with Crippen molar-refractivity contribution < 1.29 is 0 Å². The topological polar surface area (TPSA) is 28.2 Å². The van der Waals surface area contributed by atoms with E-state index in [1.54, 1.807) is 11.3 Å². The largest absolute Gasteiger partial charge is 0.313 e.